The normalized spacial score (nSPS) is 18.6. The number of carbonyl (C=O) groups is 1. The van der Waals surface area contributed by atoms with E-state index < -0.39 is 5.54 Å². The van der Waals surface area contributed by atoms with Gasteiger partial charge in [-0.2, -0.15) is 5.26 Å². The van der Waals surface area contributed by atoms with Gasteiger partial charge in [-0.15, -0.1) is 0 Å². The van der Waals surface area contributed by atoms with Crippen molar-refractivity contribution in [1.82, 2.24) is 10.6 Å². The standard InChI is InChI=1S/C19H27N3O/c1-18(2,3)17(14-8-6-5-7-9-14)21-12-16(23)22-19(4,13-20)15-10-11-15/h5-9,15,17,21H,10-12H2,1-4H3,(H,22,23)/t17-,19-/m0/s1. The smallest absolute Gasteiger partial charge is 0.235 e. The van der Waals surface area contributed by atoms with E-state index in [1.807, 2.05) is 25.1 Å². The lowest BCUT2D eigenvalue weighted by molar-refractivity contribution is -0.121. The van der Waals surface area contributed by atoms with Crippen LogP contribution in [0.1, 0.15) is 52.1 Å². The third-order valence-corrected chi connectivity index (χ3v) is 4.49. The number of nitriles is 1. The lowest BCUT2D eigenvalue weighted by Gasteiger charge is -2.32. The van der Waals surface area contributed by atoms with Crippen molar-refractivity contribution in [2.75, 3.05) is 6.54 Å². The Hall–Kier alpha value is -1.86. The van der Waals surface area contributed by atoms with Crippen LogP contribution < -0.4 is 10.6 Å². The van der Waals surface area contributed by atoms with Crippen LogP contribution in [0.5, 0.6) is 0 Å². The SMILES string of the molecule is CC(C)(C)[C@@H](NCC(=O)N[C@@](C)(C#N)C1CC1)c1ccccc1. The number of hydrogen-bond acceptors (Lipinski definition) is 3. The maximum Gasteiger partial charge on any atom is 0.235 e. The molecule has 0 heterocycles. The molecular formula is C19H27N3O. The van der Waals surface area contributed by atoms with E-state index in [4.69, 9.17) is 0 Å². The quantitative estimate of drug-likeness (QED) is 0.848. The molecule has 0 aromatic heterocycles. The summed E-state index contributed by atoms with van der Waals surface area (Å²) in [6, 6.07) is 12.5. The Bertz CT molecular complexity index is 581. The number of nitrogens with one attached hydrogen (secondary N) is 2. The molecule has 1 aliphatic rings. The minimum atomic E-state index is -0.733. The molecule has 2 N–H and O–H groups in total. The summed E-state index contributed by atoms with van der Waals surface area (Å²) in [5.74, 6) is 0.176. The van der Waals surface area contributed by atoms with E-state index in [2.05, 4.69) is 49.6 Å². The van der Waals surface area contributed by atoms with E-state index in [1.54, 1.807) is 0 Å². The molecule has 2 atom stereocenters. The third kappa shape index (κ3) is 4.56. The number of nitrogens with zero attached hydrogens (tertiary/aromatic N) is 1. The Morgan fingerprint density at radius 3 is 2.35 bits per heavy atom. The lowest BCUT2D eigenvalue weighted by Crippen LogP contribution is -2.50. The Kier molecular flexibility index (Phi) is 5.11. The Balaban J connectivity index is 1.99. The number of hydrogen-bond donors (Lipinski definition) is 2. The van der Waals surface area contributed by atoms with E-state index in [1.165, 1.54) is 0 Å². The molecule has 1 saturated carbocycles. The van der Waals surface area contributed by atoms with Crippen molar-refractivity contribution in [2.45, 2.75) is 52.1 Å². The molecule has 1 aliphatic carbocycles. The average Bonchev–Trinajstić information content (AvgIpc) is 3.32. The van der Waals surface area contributed by atoms with Gasteiger partial charge in [0.25, 0.3) is 0 Å². The Morgan fingerprint density at radius 1 is 1.26 bits per heavy atom. The largest absolute Gasteiger partial charge is 0.337 e. The first kappa shape index (κ1) is 17.5. The van der Waals surface area contributed by atoms with Crippen LogP contribution in [-0.2, 0) is 4.79 Å². The Labute approximate surface area is 139 Å². The zero-order chi connectivity index (χ0) is 17.1. The van der Waals surface area contributed by atoms with Gasteiger partial charge in [0.2, 0.25) is 5.91 Å². The topological polar surface area (TPSA) is 64.9 Å². The van der Waals surface area contributed by atoms with Crippen molar-refractivity contribution in [3.05, 3.63) is 35.9 Å². The fraction of sp³-hybridized carbons (Fsp3) is 0.579. The van der Waals surface area contributed by atoms with Crippen LogP contribution in [0.4, 0.5) is 0 Å². The zero-order valence-electron chi connectivity index (χ0n) is 14.5. The molecule has 1 fully saturated rings. The summed E-state index contributed by atoms with van der Waals surface area (Å²) in [5, 5.41) is 15.6. The highest BCUT2D eigenvalue weighted by molar-refractivity contribution is 5.79. The molecule has 0 aliphatic heterocycles. The van der Waals surface area contributed by atoms with Crippen molar-refractivity contribution in [1.29, 1.82) is 5.26 Å². The summed E-state index contributed by atoms with van der Waals surface area (Å²) in [6.45, 7) is 8.49. The van der Waals surface area contributed by atoms with Gasteiger partial charge in [-0.25, -0.2) is 0 Å². The number of benzene rings is 1. The van der Waals surface area contributed by atoms with E-state index in [0.717, 1.165) is 18.4 Å². The molecule has 4 heteroatoms. The summed E-state index contributed by atoms with van der Waals surface area (Å²) in [4.78, 5) is 12.3. The lowest BCUT2D eigenvalue weighted by atomic mass is 9.82. The van der Waals surface area contributed by atoms with Gasteiger partial charge in [-0.05, 0) is 36.7 Å². The second-order valence-corrected chi connectivity index (χ2v) is 7.73. The van der Waals surface area contributed by atoms with Crippen molar-refractivity contribution in [2.24, 2.45) is 11.3 Å². The van der Waals surface area contributed by atoms with Gasteiger partial charge in [0, 0.05) is 6.04 Å². The molecule has 0 unspecified atom stereocenters. The predicted octanol–water partition coefficient (Wildman–Crippen LogP) is 3.17. The first-order valence-electron chi connectivity index (χ1n) is 8.27. The average molecular weight is 313 g/mol. The van der Waals surface area contributed by atoms with Crippen molar-refractivity contribution < 1.29 is 4.79 Å². The van der Waals surface area contributed by atoms with Crippen LogP contribution in [0, 0.1) is 22.7 Å². The van der Waals surface area contributed by atoms with Crippen LogP contribution in [-0.4, -0.2) is 18.0 Å². The van der Waals surface area contributed by atoms with Gasteiger partial charge in [-0.3, -0.25) is 4.79 Å². The number of amides is 1. The Morgan fingerprint density at radius 2 is 1.87 bits per heavy atom. The third-order valence-electron chi connectivity index (χ3n) is 4.49. The van der Waals surface area contributed by atoms with Gasteiger partial charge < -0.3 is 10.6 Å². The molecule has 1 aromatic rings. The molecular weight excluding hydrogens is 286 g/mol. The van der Waals surface area contributed by atoms with Gasteiger partial charge >= 0.3 is 0 Å². The molecule has 2 rings (SSSR count). The van der Waals surface area contributed by atoms with Crippen molar-refractivity contribution >= 4 is 5.91 Å². The highest BCUT2D eigenvalue weighted by Crippen LogP contribution is 2.39. The monoisotopic (exact) mass is 313 g/mol. The van der Waals surface area contributed by atoms with Crippen molar-refractivity contribution in [3.8, 4) is 6.07 Å². The fourth-order valence-corrected chi connectivity index (χ4v) is 2.98. The van der Waals surface area contributed by atoms with E-state index in [9.17, 15) is 10.1 Å². The first-order valence-corrected chi connectivity index (χ1v) is 8.27. The molecule has 0 radical (unpaired) electrons. The highest BCUT2D eigenvalue weighted by atomic mass is 16.2. The van der Waals surface area contributed by atoms with Crippen LogP contribution in [0.3, 0.4) is 0 Å². The van der Waals surface area contributed by atoms with Gasteiger partial charge in [0.15, 0.2) is 0 Å². The van der Waals surface area contributed by atoms with E-state index >= 15 is 0 Å². The first-order chi connectivity index (χ1) is 10.8. The summed E-state index contributed by atoms with van der Waals surface area (Å²) in [5.41, 5.74) is 0.414. The molecule has 1 aromatic carbocycles. The molecule has 0 bridgehead atoms. The molecule has 23 heavy (non-hydrogen) atoms. The maximum absolute atomic E-state index is 12.3. The van der Waals surface area contributed by atoms with Crippen LogP contribution in [0.2, 0.25) is 0 Å². The molecule has 0 saturated heterocycles. The number of carbonyl (C=O) groups excluding carboxylic acids is 1. The van der Waals surface area contributed by atoms with Gasteiger partial charge in [0.05, 0.1) is 12.6 Å². The van der Waals surface area contributed by atoms with Gasteiger partial charge in [-0.1, -0.05) is 51.1 Å². The van der Waals surface area contributed by atoms with Crippen LogP contribution in [0.15, 0.2) is 30.3 Å². The van der Waals surface area contributed by atoms with Crippen LogP contribution in [0.25, 0.3) is 0 Å². The second kappa shape index (κ2) is 6.72. The second-order valence-electron chi connectivity index (χ2n) is 7.73. The number of rotatable bonds is 6. The summed E-state index contributed by atoms with van der Waals surface area (Å²) < 4.78 is 0. The minimum Gasteiger partial charge on any atom is -0.337 e. The fourth-order valence-electron chi connectivity index (χ4n) is 2.98. The molecule has 4 nitrogen and oxygen atoms in total. The molecule has 0 spiro atoms. The predicted molar refractivity (Wildman–Crippen MR) is 91.5 cm³/mol. The van der Waals surface area contributed by atoms with E-state index in [0.29, 0.717) is 5.92 Å². The minimum absolute atomic E-state index is 0.0172. The molecule has 1 amide bonds. The molecule has 124 valence electrons. The highest BCUT2D eigenvalue weighted by Gasteiger charge is 2.43. The summed E-state index contributed by atoms with van der Waals surface area (Å²) >= 11 is 0. The van der Waals surface area contributed by atoms with E-state index in [-0.39, 0.29) is 23.9 Å². The van der Waals surface area contributed by atoms with Crippen molar-refractivity contribution in [3.63, 3.8) is 0 Å². The van der Waals surface area contributed by atoms with Gasteiger partial charge in [0.1, 0.15) is 5.54 Å². The van der Waals surface area contributed by atoms with Crippen LogP contribution >= 0.6 is 0 Å². The zero-order valence-corrected chi connectivity index (χ0v) is 14.5. The summed E-state index contributed by atoms with van der Waals surface area (Å²) in [6.07, 6.45) is 2.04. The summed E-state index contributed by atoms with van der Waals surface area (Å²) in [7, 11) is 0. The maximum atomic E-state index is 12.3.